The van der Waals surface area contributed by atoms with Crippen molar-refractivity contribution in [2.75, 3.05) is 0 Å². The summed E-state index contributed by atoms with van der Waals surface area (Å²) in [6, 6.07) is 13.6. The number of hydrogen-bond donors (Lipinski definition) is 2. The van der Waals surface area contributed by atoms with Crippen LogP contribution in [0.3, 0.4) is 0 Å². The zero-order chi connectivity index (χ0) is 16.4. The molecule has 0 saturated heterocycles. The largest absolute Gasteiger partial charge is 0.494 e. The minimum atomic E-state index is 0.133. The Hall–Kier alpha value is -2.75. The number of nitrogens with one attached hydrogen (secondary N) is 1. The molecule has 1 aromatic heterocycles. The summed E-state index contributed by atoms with van der Waals surface area (Å²) in [5.41, 5.74) is 3.55. The predicted octanol–water partition coefficient (Wildman–Crippen LogP) is 4.72. The van der Waals surface area contributed by atoms with Crippen LogP contribution < -0.4 is 4.74 Å². The van der Waals surface area contributed by atoms with E-state index in [-0.39, 0.29) is 12.0 Å². The van der Waals surface area contributed by atoms with E-state index in [0.29, 0.717) is 5.56 Å². The summed E-state index contributed by atoms with van der Waals surface area (Å²) in [6.07, 6.45) is 1.84. The molecular weight excluding hydrogens is 288 g/mol. The Balaban J connectivity index is 1.88. The summed E-state index contributed by atoms with van der Waals surface area (Å²) in [7, 11) is 0. The van der Waals surface area contributed by atoms with Crippen LogP contribution in [0.5, 0.6) is 11.6 Å². The lowest BCUT2D eigenvalue weighted by atomic mass is 10.1. The van der Waals surface area contributed by atoms with Crippen molar-refractivity contribution in [1.29, 1.82) is 0 Å². The van der Waals surface area contributed by atoms with Crippen LogP contribution in [-0.2, 0) is 0 Å². The summed E-state index contributed by atoms with van der Waals surface area (Å²) in [5.74, 6) is 0.957. The molecule has 3 rings (SSSR count). The fourth-order valence-corrected chi connectivity index (χ4v) is 2.47. The van der Waals surface area contributed by atoms with Gasteiger partial charge in [0.15, 0.2) is 5.88 Å². The molecule has 0 spiro atoms. The topological polar surface area (TPSA) is 57.6 Å². The number of H-pyrrole nitrogens is 1. The maximum absolute atomic E-state index is 10.1. The molecule has 0 bridgehead atoms. The number of fused-ring (bicyclic) bond motifs is 1. The molecule has 23 heavy (non-hydrogen) atoms. The van der Waals surface area contributed by atoms with Crippen LogP contribution in [0.4, 0.5) is 5.69 Å². The van der Waals surface area contributed by atoms with Gasteiger partial charge in [-0.15, -0.1) is 0 Å². The summed E-state index contributed by atoms with van der Waals surface area (Å²) < 4.78 is 5.61. The Morgan fingerprint density at radius 1 is 1.13 bits per heavy atom. The van der Waals surface area contributed by atoms with Gasteiger partial charge in [0, 0.05) is 17.1 Å². The second-order valence-corrected chi connectivity index (χ2v) is 5.86. The maximum atomic E-state index is 10.1. The van der Waals surface area contributed by atoms with E-state index in [0.717, 1.165) is 27.9 Å². The van der Waals surface area contributed by atoms with Gasteiger partial charge in [0.1, 0.15) is 5.75 Å². The van der Waals surface area contributed by atoms with E-state index in [1.807, 2.05) is 63.2 Å². The zero-order valence-electron chi connectivity index (χ0n) is 13.5. The van der Waals surface area contributed by atoms with E-state index in [2.05, 4.69) is 9.98 Å². The third-order valence-corrected chi connectivity index (χ3v) is 3.52. The lowest BCUT2D eigenvalue weighted by Gasteiger charge is -2.08. The average molecular weight is 308 g/mol. The lowest BCUT2D eigenvalue weighted by molar-refractivity contribution is 0.242. The van der Waals surface area contributed by atoms with Crippen molar-refractivity contribution in [1.82, 2.24) is 4.98 Å². The normalized spacial score (nSPS) is 11.7. The Morgan fingerprint density at radius 2 is 1.87 bits per heavy atom. The molecule has 3 aromatic rings. The Morgan fingerprint density at radius 3 is 2.57 bits per heavy atom. The minimum absolute atomic E-state index is 0.133. The van der Waals surface area contributed by atoms with Gasteiger partial charge in [-0.1, -0.05) is 11.6 Å². The first-order valence-corrected chi connectivity index (χ1v) is 7.65. The molecule has 0 unspecified atom stereocenters. The molecule has 4 heteroatoms. The van der Waals surface area contributed by atoms with Crippen molar-refractivity contribution < 1.29 is 9.84 Å². The number of ether oxygens (including phenoxy) is 1. The fraction of sp³-hybridized carbons (Fsp3) is 0.211. The molecule has 0 radical (unpaired) electrons. The Bertz CT molecular complexity index is 846. The number of aromatic amines is 1. The van der Waals surface area contributed by atoms with Crippen LogP contribution in [0.15, 0.2) is 47.5 Å². The number of benzene rings is 2. The van der Waals surface area contributed by atoms with Gasteiger partial charge in [0.25, 0.3) is 0 Å². The molecule has 0 aliphatic rings. The van der Waals surface area contributed by atoms with Gasteiger partial charge < -0.3 is 14.8 Å². The van der Waals surface area contributed by atoms with Crippen molar-refractivity contribution >= 4 is 22.8 Å². The van der Waals surface area contributed by atoms with Gasteiger partial charge in [-0.2, -0.15) is 0 Å². The van der Waals surface area contributed by atoms with Crippen LogP contribution in [0, 0.1) is 6.92 Å². The van der Waals surface area contributed by atoms with Crippen molar-refractivity contribution in [2.24, 2.45) is 4.99 Å². The Labute approximate surface area is 135 Å². The first kappa shape index (κ1) is 15.2. The molecule has 4 nitrogen and oxygen atoms in total. The van der Waals surface area contributed by atoms with Crippen LogP contribution in [-0.4, -0.2) is 22.4 Å². The molecule has 0 fully saturated rings. The van der Waals surface area contributed by atoms with Crippen LogP contribution in [0.1, 0.15) is 25.0 Å². The van der Waals surface area contributed by atoms with Crippen molar-refractivity contribution in [3.8, 4) is 11.6 Å². The minimum Gasteiger partial charge on any atom is -0.494 e. The summed E-state index contributed by atoms with van der Waals surface area (Å²) in [4.78, 5) is 7.41. The zero-order valence-corrected chi connectivity index (χ0v) is 13.5. The molecular formula is C19H20N2O2. The van der Waals surface area contributed by atoms with Gasteiger partial charge >= 0.3 is 0 Å². The molecule has 0 saturated carbocycles. The van der Waals surface area contributed by atoms with Crippen LogP contribution in [0.2, 0.25) is 0 Å². The standard InChI is InChI=1S/C19H20N2O2/c1-12(2)23-15-7-5-14(6-8-15)20-11-17-16-10-13(3)4-9-18(16)21-19(17)22/h4-12,21-22H,1-3H3. The second-order valence-electron chi connectivity index (χ2n) is 5.86. The highest BCUT2D eigenvalue weighted by Gasteiger charge is 2.08. The first-order valence-electron chi connectivity index (χ1n) is 7.65. The van der Waals surface area contributed by atoms with Crippen LogP contribution in [0.25, 0.3) is 10.9 Å². The number of hydrogen-bond acceptors (Lipinski definition) is 3. The monoisotopic (exact) mass is 308 g/mol. The summed E-state index contributed by atoms with van der Waals surface area (Å²) >= 11 is 0. The van der Waals surface area contributed by atoms with Crippen molar-refractivity contribution in [2.45, 2.75) is 26.9 Å². The summed E-state index contributed by atoms with van der Waals surface area (Å²) in [6.45, 7) is 6.01. The number of nitrogens with zero attached hydrogens (tertiary/aromatic N) is 1. The quantitative estimate of drug-likeness (QED) is 0.685. The predicted molar refractivity (Wildman–Crippen MR) is 94.2 cm³/mol. The average Bonchev–Trinajstić information content (AvgIpc) is 2.81. The molecule has 0 aliphatic heterocycles. The molecule has 0 amide bonds. The van der Waals surface area contributed by atoms with Gasteiger partial charge in [0.05, 0.1) is 17.4 Å². The molecule has 0 aliphatic carbocycles. The first-order chi connectivity index (χ1) is 11.0. The SMILES string of the molecule is Cc1ccc2[nH]c(O)c(C=Nc3ccc(OC(C)C)cc3)c2c1. The molecule has 2 aromatic carbocycles. The van der Waals surface area contributed by atoms with E-state index in [1.54, 1.807) is 6.21 Å². The van der Waals surface area contributed by atoms with E-state index >= 15 is 0 Å². The second kappa shape index (κ2) is 6.16. The molecule has 118 valence electrons. The highest BCUT2D eigenvalue weighted by atomic mass is 16.5. The van der Waals surface area contributed by atoms with Crippen LogP contribution >= 0.6 is 0 Å². The van der Waals surface area contributed by atoms with Gasteiger partial charge in [-0.25, -0.2) is 0 Å². The summed E-state index contributed by atoms with van der Waals surface area (Å²) in [5, 5.41) is 11.0. The number of rotatable bonds is 4. The van der Waals surface area contributed by atoms with E-state index in [1.165, 1.54) is 0 Å². The van der Waals surface area contributed by atoms with Gasteiger partial charge in [-0.05, 0) is 57.2 Å². The van der Waals surface area contributed by atoms with E-state index in [4.69, 9.17) is 4.74 Å². The third kappa shape index (κ3) is 3.37. The van der Waals surface area contributed by atoms with Gasteiger partial charge in [0.2, 0.25) is 0 Å². The van der Waals surface area contributed by atoms with E-state index in [9.17, 15) is 5.11 Å². The van der Waals surface area contributed by atoms with Crippen molar-refractivity contribution in [3.05, 3.63) is 53.6 Å². The Kier molecular flexibility index (Phi) is 4.06. The van der Waals surface area contributed by atoms with Crippen molar-refractivity contribution in [3.63, 3.8) is 0 Å². The molecule has 2 N–H and O–H groups in total. The smallest absolute Gasteiger partial charge is 0.198 e. The maximum Gasteiger partial charge on any atom is 0.198 e. The highest BCUT2D eigenvalue weighted by Crippen LogP contribution is 2.27. The van der Waals surface area contributed by atoms with Gasteiger partial charge in [-0.3, -0.25) is 4.99 Å². The molecule has 0 atom stereocenters. The number of aliphatic imine (C=N–C) groups is 1. The third-order valence-electron chi connectivity index (χ3n) is 3.52. The number of aryl methyl sites for hydroxylation is 1. The lowest BCUT2D eigenvalue weighted by Crippen LogP contribution is -2.04. The fourth-order valence-electron chi connectivity index (χ4n) is 2.47. The van der Waals surface area contributed by atoms with E-state index < -0.39 is 0 Å². The highest BCUT2D eigenvalue weighted by molar-refractivity contribution is 6.02. The molecule has 1 heterocycles. The number of aromatic hydroxyl groups is 1. The number of aromatic nitrogens is 1.